The first kappa shape index (κ1) is 14.0. The van der Waals surface area contributed by atoms with Crippen molar-refractivity contribution in [2.24, 2.45) is 0 Å². The van der Waals surface area contributed by atoms with Gasteiger partial charge in [-0.2, -0.15) is 0 Å². The van der Waals surface area contributed by atoms with Gasteiger partial charge in [0.2, 0.25) is 0 Å². The molecule has 21 heavy (non-hydrogen) atoms. The summed E-state index contributed by atoms with van der Waals surface area (Å²) in [5.41, 5.74) is 3.30. The van der Waals surface area contributed by atoms with Gasteiger partial charge in [0.15, 0.2) is 0 Å². The number of halogens is 2. The van der Waals surface area contributed by atoms with E-state index in [1.807, 2.05) is 12.1 Å². The second-order valence-corrected chi connectivity index (χ2v) is 5.46. The van der Waals surface area contributed by atoms with Crippen LogP contribution in [0.25, 0.3) is 0 Å². The van der Waals surface area contributed by atoms with Crippen LogP contribution in [-0.4, -0.2) is 12.5 Å². The third kappa shape index (κ3) is 3.23. The van der Waals surface area contributed by atoms with Gasteiger partial charge in [0.25, 0.3) is 5.91 Å². The average Bonchev–Trinajstić information content (AvgIpc) is 2.45. The summed E-state index contributed by atoms with van der Waals surface area (Å²) in [7, 11) is 0. The molecule has 108 valence electrons. The van der Waals surface area contributed by atoms with E-state index in [2.05, 4.69) is 10.6 Å². The van der Waals surface area contributed by atoms with Gasteiger partial charge in [-0.3, -0.25) is 4.79 Å². The first-order valence-corrected chi connectivity index (χ1v) is 7.09. The number of benzene rings is 2. The van der Waals surface area contributed by atoms with E-state index in [4.69, 9.17) is 11.6 Å². The SMILES string of the molecule is O=C(Nc1cc(F)cc(Cl)c1)c1ccc2c(c1)CNCC2. The minimum atomic E-state index is -0.479. The van der Waals surface area contributed by atoms with Crippen LogP contribution >= 0.6 is 11.6 Å². The number of hydrogen-bond acceptors (Lipinski definition) is 2. The average molecular weight is 305 g/mol. The molecule has 0 bridgehead atoms. The van der Waals surface area contributed by atoms with Crippen LogP contribution in [0.5, 0.6) is 0 Å². The molecule has 0 radical (unpaired) electrons. The van der Waals surface area contributed by atoms with Crippen molar-refractivity contribution >= 4 is 23.2 Å². The van der Waals surface area contributed by atoms with Crippen molar-refractivity contribution in [2.75, 3.05) is 11.9 Å². The number of amides is 1. The van der Waals surface area contributed by atoms with Crippen LogP contribution in [0.2, 0.25) is 5.02 Å². The Morgan fingerprint density at radius 3 is 2.86 bits per heavy atom. The van der Waals surface area contributed by atoms with E-state index in [0.717, 1.165) is 25.1 Å². The van der Waals surface area contributed by atoms with Crippen molar-refractivity contribution in [1.29, 1.82) is 0 Å². The Morgan fingerprint density at radius 1 is 1.19 bits per heavy atom. The van der Waals surface area contributed by atoms with Gasteiger partial charge >= 0.3 is 0 Å². The maximum Gasteiger partial charge on any atom is 0.255 e. The third-order valence-electron chi connectivity index (χ3n) is 3.48. The summed E-state index contributed by atoms with van der Waals surface area (Å²) in [5, 5.41) is 6.19. The van der Waals surface area contributed by atoms with E-state index < -0.39 is 5.82 Å². The van der Waals surface area contributed by atoms with Gasteiger partial charge in [-0.15, -0.1) is 0 Å². The quantitative estimate of drug-likeness (QED) is 0.893. The van der Waals surface area contributed by atoms with E-state index in [9.17, 15) is 9.18 Å². The third-order valence-corrected chi connectivity index (χ3v) is 3.69. The molecule has 2 aromatic rings. The predicted octanol–water partition coefficient (Wildman–Crippen LogP) is 3.38. The summed E-state index contributed by atoms with van der Waals surface area (Å²) in [4.78, 5) is 12.2. The molecule has 1 aliphatic heterocycles. The van der Waals surface area contributed by atoms with E-state index >= 15 is 0 Å². The summed E-state index contributed by atoms with van der Waals surface area (Å²) in [6.45, 7) is 1.72. The number of hydrogen-bond donors (Lipinski definition) is 2. The topological polar surface area (TPSA) is 41.1 Å². The van der Waals surface area contributed by atoms with Crippen molar-refractivity contribution in [3.63, 3.8) is 0 Å². The second-order valence-electron chi connectivity index (χ2n) is 5.02. The van der Waals surface area contributed by atoms with Crippen LogP contribution in [-0.2, 0) is 13.0 Å². The van der Waals surface area contributed by atoms with Crippen LogP contribution in [0.15, 0.2) is 36.4 Å². The molecule has 1 aliphatic rings. The van der Waals surface area contributed by atoms with Crippen LogP contribution < -0.4 is 10.6 Å². The zero-order valence-corrected chi connectivity index (χ0v) is 12.0. The normalized spacial score (nSPS) is 13.6. The van der Waals surface area contributed by atoms with Crippen molar-refractivity contribution in [2.45, 2.75) is 13.0 Å². The molecule has 2 N–H and O–H groups in total. The molecule has 0 spiro atoms. The molecule has 0 atom stereocenters. The molecule has 2 aromatic carbocycles. The number of rotatable bonds is 2. The lowest BCUT2D eigenvalue weighted by atomic mass is 9.98. The van der Waals surface area contributed by atoms with E-state index in [1.165, 1.54) is 23.8 Å². The Kier molecular flexibility index (Phi) is 3.90. The fourth-order valence-corrected chi connectivity index (χ4v) is 2.67. The van der Waals surface area contributed by atoms with Gasteiger partial charge in [-0.25, -0.2) is 4.39 Å². The Morgan fingerprint density at radius 2 is 2.05 bits per heavy atom. The van der Waals surface area contributed by atoms with Crippen molar-refractivity contribution in [1.82, 2.24) is 5.32 Å². The van der Waals surface area contributed by atoms with Crippen LogP contribution in [0, 0.1) is 5.82 Å². The van der Waals surface area contributed by atoms with E-state index in [0.29, 0.717) is 11.3 Å². The second kappa shape index (κ2) is 5.84. The number of carbonyl (C=O) groups is 1. The van der Waals surface area contributed by atoms with Gasteiger partial charge < -0.3 is 10.6 Å². The summed E-state index contributed by atoms with van der Waals surface area (Å²) in [6.07, 6.45) is 0.969. The molecule has 0 aromatic heterocycles. The molecule has 5 heteroatoms. The van der Waals surface area contributed by atoms with Crippen LogP contribution in [0.3, 0.4) is 0 Å². The molecule has 0 unspecified atom stereocenters. The Bertz CT molecular complexity index is 682. The number of carbonyl (C=O) groups excluding carboxylic acids is 1. The summed E-state index contributed by atoms with van der Waals surface area (Å²) >= 11 is 5.77. The Hall–Kier alpha value is -1.91. The fraction of sp³-hybridized carbons (Fsp3) is 0.188. The zero-order chi connectivity index (χ0) is 14.8. The number of fused-ring (bicyclic) bond motifs is 1. The molecule has 1 heterocycles. The van der Waals surface area contributed by atoms with Crippen molar-refractivity contribution in [3.05, 3.63) is 63.9 Å². The summed E-state index contributed by atoms with van der Waals surface area (Å²) in [5.74, 6) is -0.752. The Labute approximate surface area is 127 Å². The summed E-state index contributed by atoms with van der Waals surface area (Å²) < 4.78 is 13.3. The summed E-state index contributed by atoms with van der Waals surface area (Å²) in [6, 6.07) is 9.59. The van der Waals surface area contributed by atoms with Gasteiger partial charge in [0.1, 0.15) is 5.82 Å². The van der Waals surface area contributed by atoms with E-state index in [1.54, 1.807) is 6.07 Å². The van der Waals surface area contributed by atoms with Crippen LogP contribution in [0.4, 0.5) is 10.1 Å². The molecule has 0 aliphatic carbocycles. The maximum absolute atomic E-state index is 13.3. The van der Waals surface area contributed by atoms with Gasteiger partial charge in [0, 0.05) is 22.8 Å². The largest absolute Gasteiger partial charge is 0.322 e. The lowest BCUT2D eigenvalue weighted by Gasteiger charge is -2.17. The smallest absolute Gasteiger partial charge is 0.255 e. The maximum atomic E-state index is 13.3. The first-order chi connectivity index (χ1) is 10.1. The molecule has 0 fully saturated rings. The Balaban J connectivity index is 1.82. The highest BCUT2D eigenvalue weighted by molar-refractivity contribution is 6.31. The van der Waals surface area contributed by atoms with Gasteiger partial charge in [-0.05, 0) is 54.4 Å². The zero-order valence-electron chi connectivity index (χ0n) is 11.2. The molecule has 3 rings (SSSR count). The van der Waals surface area contributed by atoms with Gasteiger partial charge in [-0.1, -0.05) is 17.7 Å². The minimum absolute atomic E-state index is 0.250. The highest BCUT2D eigenvalue weighted by atomic mass is 35.5. The molecule has 0 saturated heterocycles. The monoisotopic (exact) mass is 304 g/mol. The predicted molar refractivity (Wildman–Crippen MR) is 81.2 cm³/mol. The number of anilines is 1. The first-order valence-electron chi connectivity index (χ1n) is 6.72. The molecular formula is C16H14ClFN2O. The lowest BCUT2D eigenvalue weighted by molar-refractivity contribution is 0.102. The highest BCUT2D eigenvalue weighted by Crippen LogP contribution is 2.20. The number of nitrogens with one attached hydrogen (secondary N) is 2. The van der Waals surface area contributed by atoms with Crippen molar-refractivity contribution < 1.29 is 9.18 Å². The van der Waals surface area contributed by atoms with Crippen molar-refractivity contribution in [3.8, 4) is 0 Å². The minimum Gasteiger partial charge on any atom is -0.322 e. The molecule has 1 amide bonds. The fourth-order valence-electron chi connectivity index (χ4n) is 2.45. The molecular weight excluding hydrogens is 291 g/mol. The lowest BCUT2D eigenvalue weighted by Crippen LogP contribution is -2.24. The van der Waals surface area contributed by atoms with E-state index in [-0.39, 0.29) is 10.9 Å². The van der Waals surface area contributed by atoms with Gasteiger partial charge in [0.05, 0.1) is 0 Å². The molecule has 3 nitrogen and oxygen atoms in total. The molecule has 0 saturated carbocycles. The highest BCUT2D eigenvalue weighted by Gasteiger charge is 2.13. The standard InChI is InChI=1S/C16H14ClFN2O/c17-13-6-14(18)8-15(7-13)20-16(21)11-2-1-10-3-4-19-9-12(10)5-11/h1-2,5-8,19H,3-4,9H2,(H,20,21). The van der Waals surface area contributed by atoms with Crippen LogP contribution in [0.1, 0.15) is 21.5 Å².